The third-order valence-electron chi connectivity index (χ3n) is 1.65. The van der Waals surface area contributed by atoms with Crippen LogP contribution in [0.3, 0.4) is 0 Å². The minimum atomic E-state index is -0.534. The Morgan fingerprint density at radius 2 is 2.47 bits per heavy atom. The summed E-state index contributed by atoms with van der Waals surface area (Å²) in [5.74, 6) is -0.823. The van der Waals surface area contributed by atoms with E-state index in [9.17, 15) is 9.18 Å². The number of carbonyl (C=O) groups excluding carboxylic acids is 1. The molecule has 0 fully saturated rings. The highest BCUT2D eigenvalue weighted by Gasteiger charge is 1.96. The molecule has 3 nitrogen and oxygen atoms in total. The molecule has 0 unspecified atom stereocenters. The molecule has 0 amide bonds. The average Bonchev–Trinajstić information content (AvgIpc) is 2.18. The summed E-state index contributed by atoms with van der Waals surface area (Å²) in [6.07, 6.45) is 4.85. The zero-order valence-electron chi connectivity index (χ0n) is 8.44. The van der Waals surface area contributed by atoms with Gasteiger partial charge in [0.2, 0.25) is 5.95 Å². The number of hydrogen-bond donors (Lipinski definition) is 0. The van der Waals surface area contributed by atoms with E-state index in [1.54, 1.807) is 25.1 Å². The summed E-state index contributed by atoms with van der Waals surface area (Å²) < 4.78 is 17.4. The van der Waals surface area contributed by atoms with E-state index >= 15 is 0 Å². The van der Waals surface area contributed by atoms with Crippen molar-refractivity contribution >= 4 is 12.0 Å². The summed E-state index contributed by atoms with van der Waals surface area (Å²) in [4.78, 5) is 14.4. The van der Waals surface area contributed by atoms with Gasteiger partial charge in [0, 0.05) is 12.3 Å². The largest absolute Gasteiger partial charge is 0.466 e. The molecule has 0 aliphatic rings. The number of esters is 1. The fourth-order valence-electron chi connectivity index (χ4n) is 1.03. The molecule has 0 aliphatic heterocycles. The second kappa shape index (κ2) is 5.90. The molecule has 15 heavy (non-hydrogen) atoms. The lowest BCUT2D eigenvalue weighted by Gasteiger charge is -1.96. The van der Waals surface area contributed by atoms with E-state index < -0.39 is 5.95 Å². The molecule has 4 heteroatoms. The van der Waals surface area contributed by atoms with Gasteiger partial charge in [0.15, 0.2) is 0 Å². The Kier molecular flexibility index (Phi) is 4.47. The first-order valence-electron chi connectivity index (χ1n) is 4.66. The van der Waals surface area contributed by atoms with Crippen LogP contribution in [-0.2, 0) is 9.53 Å². The minimum Gasteiger partial charge on any atom is -0.466 e. The molecule has 0 saturated heterocycles. The van der Waals surface area contributed by atoms with Crippen LogP contribution >= 0.6 is 0 Å². The van der Waals surface area contributed by atoms with Gasteiger partial charge < -0.3 is 4.74 Å². The third-order valence-corrected chi connectivity index (χ3v) is 1.65. The SMILES string of the molecule is CCOC(=O)CC=Cc1ccnc(F)c1. The summed E-state index contributed by atoms with van der Waals surface area (Å²) in [6, 6.07) is 2.95. The zero-order valence-corrected chi connectivity index (χ0v) is 8.44. The molecule has 0 aromatic carbocycles. The highest BCUT2D eigenvalue weighted by atomic mass is 19.1. The third kappa shape index (κ3) is 4.35. The van der Waals surface area contributed by atoms with E-state index in [0.717, 1.165) is 0 Å². The Bertz CT molecular complexity index is 363. The molecule has 0 aliphatic carbocycles. The monoisotopic (exact) mass is 209 g/mol. The Hall–Kier alpha value is -1.71. The molecule has 0 spiro atoms. The molecule has 1 aromatic heterocycles. The molecular formula is C11H12FNO2. The van der Waals surface area contributed by atoms with Crippen molar-refractivity contribution < 1.29 is 13.9 Å². The predicted octanol–water partition coefficient (Wildman–Crippen LogP) is 2.19. The minimum absolute atomic E-state index is 0.192. The van der Waals surface area contributed by atoms with Crippen molar-refractivity contribution in [3.8, 4) is 0 Å². The number of ether oxygens (including phenoxy) is 1. The number of aromatic nitrogens is 1. The first-order chi connectivity index (χ1) is 7.22. The van der Waals surface area contributed by atoms with Gasteiger partial charge in [0.05, 0.1) is 13.0 Å². The Morgan fingerprint density at radius 3 is 3.13 bits per heavy atom. The number of hydrogen-bond acceptors (Lipinski definition) is 3. The van der Waals surface area contributed by atoms with Gasteiger partial charge >= 0.3 is 5.97 Å². The lowest BCUT2D eigenvalue weighted by atomic mass is 10.2. The Balaban J connectivity index is 2.48. The normalized spacial score (nSPS) is 10.5. The quantitative estimate of drug-likeness (QED) is 0.563. The standard InChI is InChI=1S/C11H12FNO2/c1-2-15-11(14)5-3-4-9-6-7-13-10(12)8-9/h3-4,6-8H,2,5H2,1H3. The van der Waals surface area contributed by atoms with Crippen LogP contribution in [0.2, 0.25) is 0 Å². The fraction of sp³-hybridized carbons (Fsp3) is 0.273. The lowest BCUT2D eigenvalue weighted by molar-refractivity contribution is -0.142. The van der Waals surface area contributed by atoms with Gasteiger partial charge in [-0.2, -0.15) is 4.39 Å². The van der Waals surface area contributed by atoms with Crippen molar-refractivity contribution in [3.63, 3.8) is 0 Å². The van der Waals surface area contributed by atoms with Gasteiger partial charge in [-0.25, -0.2) is 4.98 Å². The first kappa shape index (κ1) is 11.4. The Morgan fingerprint density at radius 1 is 1.67 bits per heavy atom. The van der Waals surface area contributed by atoms with Crippen molar-refractivity contribution in [2.75, 3.05) is 6.61 Å². The van der Waals surface area contributed by atoms with Crippen molar-refractivity contribution in [1.29, 1.82) is 0 Å². The van der Waals surface area contributed by atoms with Crippen LogP contribution in [0.4, 0.5) is 4.39 Å². The van der Waals surface area contributed by atoms with Crippen LogP contribution in [0.25, 0.3) is 6.08 Å². The van der Waals surface area contributed by atoms with E-state index in [2.05, 4.69) is 4.98 Å². The van der Waals surface area contributed by atoms with Crippen LogP contribution in [0.5, 0.6) is 0 Å². The zero-order chi connectivity index (χ0) is 11.1. The number of pyridine rings is 1. The second-order valence-corrected chi connectivity index (χ2v) is 2.82. The highest BCUT2D eigenvalue weighted by Crippen LogP contribution is 2.03. The van der Waals surface area contributed by atoms with Gasteiger partial charge in [-0.15, -0.1) is 0 Å². The predicted molar refractivity (Wildman–Crippen MR) is 54.5 cm³/mol. The van der Waals surface area contributed by atoms with Crippen LogP contribution in [0.1, 0.15) is 18.9 Å². The van der Waals surface area contributed by atoms with Crippen molar-refractivity contribution in [2.24, 2.45) is 0 Å². The van der Waals surface area contributed by atoms with Crippen LogP contribution in [-0.4, -0.2) is 17.6 Å². The summed E-state index contributed by atoms with van der Waals surface area (Å²) in [7, 11) is 0. The fourth-order valence-corrected chi connectivity index (χ4v) is 1.03. The smallest absolute Gasteiger partial charge is 0.309 e. The van der Waals surface area contributed by atoms with Gasteiger partial charge in [0.25, 0.3) is 0 Å². The van der Waals surface area contributed by atoms with Gasteiger partial charge in [-0.1, -0.05) is 12.2 Å². The number of rotatable bonds is 4. The summed E-state index contributed by atoms with van der Waals surface area (Å²) in [5, 5.41) is 0. The van der Waals surface area contributed by atoms with Crippen LogP contribution in [0, 0.1) is 5.95 Å². The topological polar surface area (TPSA) is 39.2 Å². The van der Waals surface area contributed by atoms with Crippen molar-refractivity contribution in [1.82, 2.24) is 4.98 Å². The van der Waals surface area contributed by atoms with Crippen molar-refractivity contribution in [3.05, 3.63) is 35.9 Å². The molecule has 0 atom stereocenters. The summed E-state index contributed by atoms with van der Waals surface area (Å²) in [6.45, 7) is 2.12. The van der Waals surface area contributed by atoms with E-state index in [0.29, 0.717) is 12.2 Å². The molecule has 1 rings (SSSR count). The molecule has 0 N–H and O–H groups in total. The van der Waals surface area contributed by atoms with E-state index in [4.69, 9.17) is 4.74 Å². The first-order valence-corrected chi connectivity index (χ1v) is 4.66. The number of carbonyl (C=O) groups is 1. The maximum absolute atomic E-state index is 12.6. The van der Waals surface area contributed by atoms with Gasteiger partial charge in [0.1, 0.15) is 0 Å². The van der Waals surface area contributed by atoms with E-state index in [1.807, 2.05) is 0 Å². The van der Waals surface area contributed by atoms with Gasteiger partial charge in [-0.3, -0.25) is 4.79 Å². The molecular weight excluding hydrogens is 197 g/mol. The average molecular weight is 209 g/mol. The maximum Gasteiger partial charge on any atom is 0.309 e. The van der Waals surface area contributed by atoms with Gasteiger partial charge in [-0.05, 0) is 18.6 Å². The molecule has 0 radical (unpaired) electrons. The number of halogens is 1. The van der Waals surface area contributed by atoms with E-state index in [-0.39, 0.29) is 12.4 Å². The molecule has 80 valence electrons. The Labute approximate surface area is 87.6 Å². The van der Waals surface area contributed by atoms with Crippen LogP contribution in [0.15, 0.2) is 24.4 Å². The lowest BCUT2D eigenvalue weighted by Crippen LogP contribution is -2.01. The molecule has 0 saturated carbocycles. The molecule has 1 aromatic rings. The summed E-state index contributed by atoms with van der Waals surface area (Å²) >= 11 is 0. The summed E-state index contributed by atoms with van der Waals surface area (Å²) in [5.41, 5.74) is 0.673. The van der Waals surface area contributed by atoms with Crippen molar-refractivity contribution in [2.45, 2.75) is 13.3 Å². The number of nitrogens with zero attached hydrogens (tertiary/aromatic N) is 1. The molecule has 0 bridgehead atoms. The molecule has 1 heterocycles. The second-order valence-electron chi connectivity index (χ2n) is 2.82. The van der Waals surface area contributed by atoms with E-state index in [1.165, 1.54) is 12.3 Å². The highest BCUT2D eigenvalue weighted by molar-refractivity contribution is 5.72. The maximum atomic E-state index is 12.6. The van der Waals surface area contributed by atoms with Crippen LogP contribution < -0.4 is 0 Å².